The average molecular weight is 429 g/mol. The van der Waals surface area contributed by atoms with Crippen molar-refractivity contribution in [1.29, 1.82) is 0 Å². The Labute approximate surface area is 178 Å². The van der Waals surface area contributed by atoms with Gasteiger partial charge in [0.15, 0.2) is 0 Å². The van der Waals surface area contributed by atoms with Gasteiger partial charge in [0.05, 0.1) is 28.7 Å². The molecule has 0 saturated carbocycles. The highest BCUT2D eigenvalue weighted by Crippen LogP contribution is 2.28. The van der Waals surface area contributed by atoms with Crippen molar-refractivity contribution in [2.45, 2.75) is 19.9 Å². The van der Waals surface area contributed by atoms with Crippen LogP contribution in [0.25, 0.3) is 0 Å². The monoisotopic (exact) mass is 428 g/mol. The lowest BCUT2D eigenvalue weighted by Crippen LogP contribution is -2.27. The molecule has 3 aromatic rings. The molecule has 7 heteroatoms. The Morgan fingerprint density at radius 3 is 2.59 bits per heavy atom. The molecule has 0 bridgehead atoms. The van der Waals surface area contributed by atoms with Crippen LogP contribution in [0.4, 0.5) is 5.69 Å². The van der Waals surface area contributed by atoms with E-state index in [1.54, 1.807) is 37.4 Å². The minimum absolute atomic E-state index is 0.266. The summed E-state index contributed by atoms with van der Waals surface area (Å²) in [4.78, 5) is 25.7. The first kappa shape index (κ1) is 20.9. The highest BCUT2D eigenvalue weighted by molar-refractivity contribution is 7.12. The van der Waals surface area contributed by atoms with Crippen molar-refractivity contribution in [2.75, 3.05) is 12.4 Å². The van der Waals surface area contributed by atoms with E-state index in [1.165, 1.54) is 11.3 Å². The van der Waals surface area contributed by atoms with E-state index < -0.39 is 0 Å². The van der Waals surface area contributed by atoms with Gasteiger partial charge in [-0.05, 0) is 49.6 Å². The first-order chi connectivity index (χ1) is 13.9. The zero-order chi connectivity index (χ0) is 21.0. The number of rotatable bonds is 6. The second kappa shape index (κ2) is 9.11. The summed E-state index contributed by atoms with van der Waals surface area (Å²) in [5, 5.41) is 7.91. The number of carbonyl (C=O) groups excluding carboxylic acids is 2. The second-order valence-corrected chi connectivity index (χ2v) is 7.92. The highest BCUT2D eigenvalue weighted by Gasteiger charge is 2.17. The summed E-state index contributed by atoms with van der Waals surface area (Å²) in [6.45, 7) is 3.88. The zero-order valence-corrected chi connectivity index (χ0v) is 17.9. The summed E-state index contributed by atoms with van der Waals surface area (Å²) in [6, 6.07) is 13.9. The van der Waals surface area contributed by atoms with Crippen molar-refractivity contribution in [2.24, 2.45) is 0 Å². The SMILES string of the molecule is COc1ccc(C)cc1C(C)NC(=O)c1ccc(Cl)c(NC(=O)c2cccs2)c1. The third kappa shape index (κ3) is 4.96. The number of hydrogen-bond donors (Lipinski definition) is 2. The molecule has 0 aliphatic carbocycles. The van der Waals surface area contributed by atoms with Crippen LogP contribution in [0.1, 0.15) is 44.1 Å². The summed E-state index contributed by atoms with van der Waals surface area (Å²) in [7, 11) is 1.60. The molecular formula is C22H21ClN2O3S. The van der Waals surface area contributed by atoms with Gasteiger partial charge in [-0.3, -0.25) is 9.59 Å². The van der Waals surface area contributed by atoms with E-state index in [4.69, 9.17) is 16.3 Å². The van der Waals surface area contributed by atoms with Crippen LogP contribution in [0.15, 0.2) is 53.9 Å². The molecule has 29 heavy (non-hydrogen) atoms. The molecule has 0 fully saturated rings. The first-order valence-electron chi connectivity index (χ1n) is 8.99. The standard InChI is InChI=1S/C22H21ClN2O3S/c1-13-6-9-19(28-3)16(11-13)14(2)24-21(26)15-7-8-17(23)18(12-15)25-22(27)20-5-4-10-29-20/h4-12,14H,1-3H3,(H,24,26)(H,25,27). The van der Waals surface area contributed by atoms with Crippen LogP contribution < -0.4 is 15.4 Å². The van der Waals surface area contributed by atoms with Gasteiger partial charge in [0.1, 0.15) is 5.75 Å². The van der Waals surface area contributed by atoms with Gasteiger partial charge in [0, 0.05) is 11.1 Å². The van der Waals surface area contributed by atoms with Gasteiger partial charge in [0.25, 0.3) is 11.8 Å². The lowest BCUT2D eigenvalue weighted by Gasteiger charge is -2.18. The molecule has 2 N–H and O–H groups in total. The summed E-state index contributed by atoms with van der Waals surface area (Å²) < 4.78 is 5.41. The van der Waals surface area contributed by atoms with Crippen LogP contribution in [0, 0.1) is 6.92 Å². The van der Waals surface area contributed by atoms with Crippen molar-refractivity contribution in [3.05, 3.63) is 80.5 Å². The summed E-state index contributed by atoms with van der Waals surface area (Å²) in [5.41, 5.74) is 2.75. The smallest absolute Gasteiger partial charge is 0.265 e. The fraction of sp³-hybridized carbons (Fsp3) is 0.182. The van der Waals surface area contributed by atoms with Crippen molar-refractivity contribution in [3.8, 4) is 5.75 Å². The number of methoxy groups -OCH3 is 1. The topological polar surface area (TPSA) is 67.4 Å². The molecule has 0 spiro atoms. The van der Waals surface area contributed by atoms with Crippen LogP contribution in [-0.2, 0) is 0 Å². The van der Waals surface area contributed by atoms with E-state index >= 15 is 0 Å². The number of nitrogens with one attached hydrogen (secondary N) is 2. The van der Waals surface area contributed by atoms with Gasteiger partial charge in [-0.1, -0.05) is 35.4 Å². The van der Waals surface area contributed by atoms with E-state index in [2.05, 4.69) is 10.6 Å². The normalized spacial score (nSPS) is 11.6. The molecule has 1 unspecified atom stereocenters. The largest absolute Gasteiger partial charge is 0.496 e. The van der Waals surface area contributed by atoms with Crippen LogP contribution >= 0.6 is 22.9 Å². The van der Waals surface area contributed by atoms with E-state index in [9.17, 15) is 9.59 Å². The molecule has 150 valence electrons. The van der Waals surface area contributed by atoms with Gasteiger partial charge in [-0.25, -0.2) is 0 Å². The summed E-state index contributed by atoms with van der Waals surface area (Å²) >= 11 is 7.54. The Kier molecular flexibility index (Phi) is 6.56. The number of anilines is 1. The molecule has 2 amide bonds. The molecule has 0 saturated heterocycles. The molecule has 0 aliphatic heterocycles. The van der Waals surface area contributed by atoms with E-state index in [1.807, 2.05) is 37.4 Å². The molecule has 0 aliphatic rings. The van der Waals surface area contributed by atoms with E-state index in [0.717, 1.165) is 11.1 Å². The summed E-state index contributed by atoms with van der Waals surface area (Å²) in [6.07, 6.45) is 0. The minimum atomic E-state index is -0.274. The van der Waals surface area contributed by atoms with Crippen molar-refractivity contribution < 1.29 is 14.3 Å². The Bertz CT molecular complexity index is 1030. The Hall–Kier alpha value is -2.83. The number of ether oxygens (including phenoxy) is 1. The molecule has 2 aromatic carbocycles. The Balaban J connectivity index is 1.77. The number of aryl methyl sites for hydroxylation is 1. The van der Waals surface area contributed by atoms with Crippen LogP contribution in [0.2, 0.25) is 5.02 Å². The van der Waals surface area contributed by atoms with Crippen molar-refractivity contribution in [3.63, 3.8) is 0 Å². The van der Waals surface area contributed by atoms with Crippen molar-refractivity contribution >= 4 is 40.4 Å². The lowest BCUT2D eigenvalue weighted by molar-refractivity contribution is 0.0938. The molecule has 0 radical (unpaired) electrons. The van der Waals surface area contributed by atoms with Crippen molar-refractivity contribution in [1.82, 2.24) is 5.32 Å². The maximum atomic E-state index is 12.8. The molecule has 5 nitrogen and oxygen atoms in total. The molecule has 1 atom stereocenters. The van der Waals surface area contributed by atoms with Crippen LogP contribution in [0.5, 0.6) is 5.75 Å². The van der Waals surface area contributed by atoms with Gasteiger partial charge in [0.2, 0.25) is 0 Å². The number of amides is 2. The van der Waals surface area contributed by atoms with E-state index in [0.29, 0.717) is 26.9 Å². The average Bonchev–Trinajstić information content (AvgIpc) is 3.24. The second-order valence-electron chi connectivity index (χ2n) is 6.57. The highest BCUT2D eigenvalue weighted by atomic mass is 35.5. The number of benzene rings is 2. The number of thiophene rings is 1. The first-order valence-corrected chi connectivity index (χ1v) is 10.2. The number of carbonyl (C=O) groups is 2. The van der Waals surface area contributed by atoms with E-state index in [-0.39, 0.29) is 17.9 Å². The van der Waals surface area contributed by atoms with Gasteiger partial charge in [-0.15, -0.1) is 11.3 Å². The third-order valence-electron chi connectivity index (χ3n) is 4.42. The minimum Gasteiger partial charge on any atom is -0.496 e. The number of hydrogen-bond acceptors (Lipinski definition) is 4. The quantitative estimate of drug-likeness (QED) is 0.547. The van der Waals surface area contributed by atoms with Crippen LogP contribution in [-0.4, -0.2) is 18.9 Å². The fourth-order valence-electron chi connectivity index (χ4n) is 2.90. The van der Waals surface area contributed by atoms with Gasteiger partial charge in [-0.2, -0.15) is 0 Å². The third-order valence-corrected chi connectivity index (χ3v) is 5.62. The zero-order valence-electron chi connectivity index (χ0n) is 16.3. The molecule has 3 rings (SSSR count). The number of halogens is 1. The molecule has 1 heterocycles. The van der Waals surface area contributed by atoms with Gasteiger partial charge < -0.3 is 15.4 Å². The Morgan fingerprint density at radius 1 is 1.10 bits per heavy atom. The van der Waals surface area contributed by atoms with Gasteiger partial charge >= 0.3 is 0 Å². The fourth-order valence-corrected chi connectivity index (χ4v) is 3.69. The predicted molar refractivity (Wildman–Crippen MR) is 117 cm³/mol. The van der Waals surface area contributed by atoms with Crippen LogP contribution in [0.3, 0.4) is 0 Å². The predicted octanol–water partition coefficient (Wildman–Crippen LogP) is 5.46. The lowest BCUT2D eigenvalue weighted by atomic mass is 10.0. The maximum absolute atomic E-state index is 12.8. The molecular weight excluding hydrogens is 408 g/mol. The summed E-state index contributed by atoms with van der Waals surface area (Å²) in [5.74, 6) is 0.171. The molecule has 1 aromatic heterocycles. The maximum Gasteiger partial charge on any atom is 0.265 e. The Morgan fingerprint density at radius 2 is 1.90 bits per heavy atom.